The van der Waals surface area contributed by atoms with Gasteiger partial charge in [0.1, 0.15) is 5.82 Å². The number of hydrogen-bond donors (Lipinski definition) is 1. The van der Waals surface area contributed by atoms with Crippen LogP contribution in [0.2, 0.25) is 0 Å². The number of nitrogens with zero attached hydrogens (tertiary/aromatic N) is 3. The molecule has 0 unspecified atom stereocenters. The Morgan fingerprint density at radius 2 is 1.70 bits per heavy atom. The van der Waals surface area contributed by atoms with Crippen molar-refractivity contribution in [3.05, 3.63) is 66.1 Å². The lowest BCUT2D eigenvalue weighted by molar-refractivity contribution is 0.102. The van der Waals surface area contributed by atoms with E-state index in [9.17, 15) is 9.18 Å². The van der Waals surface area contributed by atoms with Gasteiger partial charge in [0.2, 0.25) is 0 Å². The molecule has 0 fully saturated rings. The van der Waals surface area contributed by atoms with Gasteiger partial charge in [0.25, 0.3) is 5.91 Å². The molecule has 0 saturated heterocycles. The smallest absolute Gasteiger partial charge is 0.276 e. The quantitative estimate of drug-likeness (QED) is 0.707. The molecule has 1 heterocycles. The third-order valence-electron chi connectivity index (χ3n) is 4.51. The molecule has 27 heavy (non-hydrogen) atoms. The Hall–Kier alpha value is -3.15. The van der Waals surface area contributed by atoms with Crippen molar-refractivity contribution in [2.45, 2.75) is 13.8 Å². The van der Waals surface area contributed by atoms with Gasteiger partial charge in [0.15, 0.2) is 5.69 Å². The summed E-state index contributed by atoms with van der Waals surface area (Å²) >= 11 is 0. The van der Waals surface area contributed by atoms with Crippen LogP contribution in [-0.2, 0) is 7.05 Å². The van der Waals surface area contributed by atoms with Crippen molar-refractivity contribution < 1.29 is 9.18 Å². The Labute approximate surface area is 158 Å². The summed E-state index contributed by atoms with van der Waals surface area (Å²) in [6.45, 7) is 6.09. The molecule has 2 aromatic carbocycles. The second kappa shape index (κ2) is 8.03. The van der Waals surface area contributed by atoms with Crippen LogP contribution in [0.5, 0.6) is 0 Å². The summed E-state index contributed by atoms with van der Waals surface area (Å²) in [7, 11) is 1.76. The molecule has 3 aromatic rings. The van der Waals surface area contributed by atoms with Crippen LogP contribution >= 0.6 is 0 Å². The van der Waals surface area contributed by atoms with Gasteiger partial charge in [-0.25, -0.2) is 4.39 Å². The highest BCUT2D eigenvalue weighted by molar-refractivity contribution is 6.03. The number of aryl methyl sites for hydroxylation is 1. The molecule has 140 valence electrons. The fourth-order valence-corrected chi connectivity index (χ4v) is 3.01. The first-order valence-electron chi connectivity index (χ1n) is 8.98. The lowest BCUT2D eigenvalue weighted by Gasteiger charge is -2.21. The van der Waals surface area contributed by atoms with Crippen LogP contribution in [0.15, 0.2) is 54.6 Å². The second-order valence-corrected chi connectivity index (χ2v) is 6.22. The van der Waals surface area contributed by atoms with Gasteiger partial charge in [0, 0.05) is 31.5 Å². The molecule has 0 atom stereocenters. The van der Waals surface area contributed by atoms with Crippen LogP contribution in [-0.4, -0.2) is 28.8 Å². The average molecular weight is 366 g/mol. The zero-order valence-electron chi connectivity index (χ0n) is 15.7. The topological polar surface area (TPSA) is 50.2 Å². The largest absolute Gasteiger partial charge is 0.372 e. The van der Waals surface area contributed by atoms with Crippen molar-refractivity contribution in [3.63, 3.8) is 0 Å². The van der Waals surface area contributed by atoms with E-state index >= 15 is 0 Å². The van der Waals surface area contributed by atoms with E-state index in [0.29, 0.717) is 11.4 Å². The third kappa shape index (κ3) is 4.16. The van der Waals surface area contributed by atoms with Crippen molar-refractivity contribution in [2.75, 3.05) is 23.3 Å². The summed E-state index contributed by atoms with van der Waals surface area (Å²) in [5, 5.41) is 7.15. The molecular weight excluding hydrogens is 343 g/mol. The Morgan fingerprint density at radius 1 is 1.07 bits per heavy atom. The summed E-state index contributed by atoms with van der Waals surface area (Å²) in [6, 6.07) is 15.6. The maximum atomic E-state index is 13.1. The Bertz CT molecular complexity index is 912. The first kappa shape index (κ1) is 18.6. The number of anilines is 2. The van der Waals surface area contributed by atoms with E-state index in [1.165, 1.54) is 12.1 Å². The van der Waals surface area contributed by atoms with E-state index in [-0.39, 0.29) is 11.7 Å². The standard InChI is InChI=1S/C21H23FN4O/c1-4-26(5-2)18-12-10-17(11-13-18)23-21(27)19-14-20(25(3)24-19)15-6-8-16(22)9-7-15/h6-14H,4-5H2,1-3H3,(H,23,27). The van der Waals surface area contributed by atoms with Gasteiger partial charge in [-0.3, -0.25) is 9.48 Å². The molecule has 1 amide bonds. The van der Waals surface area contributed by atoms with Crippen molar-refractivity contribution in [3.8, 4) is 11.3 Å². The van der Waals surface area contributed by atoms with Gasteiger partial charge in [-0.05, 0) is 74.0 Å². The molecule has 3 rings (SSSR count). The van der Waals surface area contributed by atoms with Gasteiger partial charge in [-0.1, -0.05) is 0 Å². The number of benzene rings is 2. The molecule has 0 radical (unpaired) electrons. The van der Waals surface area contributed by atoms with Crippen LogP contribution in [0.3, 0.4) is 0 Å². The molecule has 5 nitrogen and oxygen atoms in total. The van der Waals surface area contributed by atoms with E-state index in [0.717, 1.165) is 30.0 Å². The Morgan fingerprint density at radius 3 is 2.30 bits per heavy atom. The van der Waals surface area contributed by atoms with E-state index in [2.05, 4.69) is 29.2 Å². The van der Waals surface area contributed by atoms with Gasteiger partial charge in [-0.15, -0.1) is 0 Å². The van der Waals surface area contributed by atoms with E-state index in [1.807, 2.05) is 24.3 Å². The lowest BCUT2D eigenvalue weighted by atomic mass is 10.1. The molecule has 0 aliphatic carbocycles. The average Bonchev–Trinajstić information content (AvgIpc) is 3.06. The summed E-state index contributed by atoms with van der Waals surface area (Å²) in [5.74, 6) is -0.582. The fraction of sp³-hybridized carbons (Fsp3) is 0.238. The van der Waals surface area contributed by atoms with Crippen molar-refractivity contribution >= 4 is 17.3 Å². The molecule has 0 bridgehead atoms. The predicted octanol–water partition coefficient (Wildman–Crippen LogP) is 4.32. The van der Waals surface area contributed by atoms with Crippen LogP contribution in [0.4, 0.5) is 15.8 Å². The fourth-order valence-electron chi connectivity index (χ4n) is 3.01. The van der Waals surface area contributed by atoms with Crippen LogP contribution in [0.1, 0.15) is 24.3 Å². The number of carbonyl (C=O) groups is 1. The van der Waals surface area contributed by atoms with E-state index < -0.39 is 0 Å². The number of nitrogens with one attached hydrogen (secondary N) is 1. The zero-order chi connectivity index (χ0) is 19.4. The van der Waals surface area contributed by atoms with Crippen LogP contribution < -0.4 is 10.2 Å². The molecule has 0 saturated carbocycles. The number of aromatic nitrogens is 2. The summed E-state index contributed by atoms with van der Waals surface area (Å²) in [5.41, 5.74) is 3.69. The van der Waals surface area contributed by atoms with Gasteiger partial charge in [0.05, 0.1) is 5.69 Å². The molecule has 0 aliphatic rings. The summed E-state index contributed by atoms with van der Waals surface area (Å²) in [4.78, 5) is 14.8. The first-order valence-corrected chi connectivity index (χ1v) is 8.98. The summed E-state index contributed by atoms with van der Waals surface area (Å²) < 4.78 is 14.7. The van der Waals surface area contributed by atoms with Crippen molar-refractivity contribution in [1.29, 1.82) is 0 Å². The number of amides is 1. The maximum absolute atomic E-state index is 13.1. The number of halogens is 1. The van der Waals surface area contributed by atoms with Gasteiger partial charge < -0.3 is 10.2 Å². The van der Waals surface area contributed by atoms with Crippen LogP contribution in [0.25, 0.3) is 11.3 Å². The number of hydrogen-bond acceptors (Lipinski definition) is 3. The summed E-state index contributed by atoms with van der Waals surface area (Å²) in [6.07, 6.45) is 0. The Kier molecular flexibility index (Phi) is 5.54. The minimum absolute atomic E-state index is 0.283. The van der Waals surface area contributed by atoms with E-state index in [1.54, 1.807) is 29.9 Å². The zero-order valence-corrected chi connectivity index (χ0v) is 15.7. The first-order chi connectivity index (χ1) is 13.0. The highest BCUT2D eigenvalue weighted by atomic mass is 19.1. The monoisotopic (exact) mass is 366 g/mol. The molecular formula is C21H23FN4O. The molecule has 1 N–H and O–H groups in total. The molecule has 1 aromatic heterocycles. The maximum Gasteiger partial charge on any atom is 0.276 e. The van der Waals surface area contributed by atoms with Crippen molar-refractivity contribution in [1.82, 2.24) is 9.78 Å². The second-order valence-electron chi connectivity index (χ2n) is 6.22. The van der Waals surface area contributed by atoms with Gasteiger partial charge >= 0.3 is 0 Å². The molecule has 0 aliphatic heterocycles. The molecule has 0 spiro atoms. The normalized spacial score (nSPS) is 10.7. The highest BCUT2D eigenvalue weighted by Crippen LogP contribution is 2.22. The molecule has 6 heteroatoms. The van der Waals surface area contributed by atoms with Crippen molar-refractivity contribution in [2.24, 2.45) is 7.05 Å². The van der Waals surface area contributed by atoms with Gasteiger partial charge in [-0.2, -0.15) is 5.10 Å². The minimum Gasteiger partial charge on any atom is -0.372 e. The SMILES string of the molecule is CCN(CC)c1ccc(NC(=O)c2cc(-c3ccc(F)cc3)n(C)n2)cc1. The Balaban J connectivity index is 1.75. The van der Waals surface area contributed by atoms with E-state index in [4.69, 9.17) is 0 Å². The third-order valence-corrected chi connectivity index (χ3v) is 4.51. The van der Waals surface area contributed by atoms with Crippen LogP contribution in [0, 0.1) is 5.82 Å². The lowest BCUT2D eigenvalue weighted by Crippen LogP contribution is -2.21. The number of carbonyl (C=O) groups excluding carboxylic acids is 1. The number of rotatable bonds is 6. The predicted molar refractivity (Wildman–Crippen MR) is 107 cm³/mol. The minimum atomic E-state index is -0.299. The highest BCUT2D eigenvalue weighted by Gasteiger charge is 2.14.